The van der Waals surface area contributed by atoms with E-state index in [0.29, 0.717) is 16.8 Å². The molecule has 1 unspecified atom stereocenters. The molecule has 0 aliphatic carbocycles. The molecule has 0 saturated carbocycles. The Kier molecular flexibility index (Phi) is 3.74. The SMILES string of the molecule is COC(=O)c1c[nH]c(C(Cl)N=CN)c1C. The highest BCUT2D eigenvalue weighted by Gasteiger charge is 2.18. The van der Waals surface area contributed by atoms with Gasteiger partial charge in [0, 0.05) is 6.20 Å². The minimum absolute atomic E-state index is 0.407. The highest BCUT2D eigenvalue weighted by Crippen LogP contribution is 2.25. The second-order valence-corrected chi connectivity index (χ2v) is 3.28. The molecule has 5 nitrogen and oxygen atoms in total. The first-order valence-electron chi connectivity index (χ1n) is 4.25. The number of hydrogen-bond donors (Lipinski definition) is 2. The number of hydrogen-bond acceptors (Lipinski definition) is 3. The second-order valence-electron chi connectivity index (χ2n) is 2.87. The number of nitrogens with zero attached hydrogens (tertiary/aromatic N) is 1. The minimum Gasteiger partial charge on any atom is -0.465 e. The van der Waals surface area contributed by atoms with Gasteiger partial charge in [-0.2, -0.15) is 0 Å². The smallest absolute Gasteiger partial charge is 0.339 e. The molecule has 1 heterocycles. The molecule has 1 atom stereocenters. The van der Waals surface area contributed by atoms with Crippen molar-refractivity contribution in [3.8, 4) is 0 Å². The summed E-state index contributed by atoms with van der Waals surface area (Å²) in [6, 6.07) is 0. The van der Waals surface area contributed by atoms with Crippen LogP contribution in [-0.4, -0.2) is 24.4 Å². The van der Waals surface area contributed by atoms with Crippen molar-refractivity contribution in [2.45, 2.75) is 12.4 Å². The van der Waals surface area contributed by atoms with Crippen LogP contribution in [-0.2, 0) is 4.74 Å². The molecular formula is C9H12ClN3O2. The van der Waals surface area contributed by atoms with E-state index in [0.717, 1.165) is 6.34 Å². The van der Waals surface area contributed by atoms with Crippen LogP contribution >= 0.6 is 11.6 Å². The van der Waals surface area contributed by atoms with Gasteiger partial charge in [0.2, 0.25) is 0 Å². The number of aliphatic imine (C=N–C) groups is 1. The summed E-state index contributed by atoms with van der Waals surface area (Å²) in [5.41, 5.74) is 6.31. The molecule has 1 aromatic heterocycles. The Hall–Kier alpha value is -1.49. The van der Waals surface area contributed by atoms with Crippen LogP contribution in [0.2, 0.25) is 0 Å². The second kappa shape index (κ2) is 4.84. The molecule has 6 heteroatoms. The molecule has 0 bridgehead atoms. The number of esters is 1. The van der Waals surface area contributed by atoms with Crippen LogP contribution in [0.25, 0.3) is 0 Å². The highest BCUT2D eigenvalue weighted by molar-refractivity contribution is 6.21. The van der Waals surface area contributed by atoms with Gasteiger partial charge in [-0.05, 0) is 12.5 Å². The van der Waals surface area contributed by atoms with Crippen molar-refractivity contribution in [3.63, 3.8) is 0 Å². The lowest BCUT2D eigenvalue weighted by atomic mass is 10.1. The third-order valence-electron chi connectivity index (χ3n) is 2.04. The molecule has 3 N–H and O–H groups in total. The van der Waals surface area contributed by atoms with Crippen LogP contribution in [0, 0.1) is 6.92 Å². The lowest BCUT2D eigenvalue weighted by Crippen LogP contribution is -2.02. The van der Waals surface area contributed by atoms with E-state index in [9.17, 15) is 4.79 Å². The third-order valence-corrected chi connectivity index (χ3v) is 2.37. The molecule has 0 radical (unpaired) electrons. The summed E-state index contributed by atoms with van der Waals surface area (Å²) in [5, 5.41) is 0. The first-order valence-corrected chi connectivity index (χ1v) is 4.69. The van der Waals surface area contributed by atoms with E-state index in [1.165, 1.54) is 13.3 Å². The average Bonchev–Trinajstić information content (AvgIpc) is 2.59. The van der Waals surface area contributed by atoms with Gasteiger partial charge in [-0.1, -0.05) is 11.6 Å². The van der Waals surface area contributed by atoms with Crippen LogP contribution in [0.5, 0.6) is 0 Å². The van der Waals surface area contributed by atoms with Gasteiger partial charge >= 0.3 is 5.97 Å². The number of aromatic amines is 1. The van der Waals surface area contributed by atoms with Crippen molar-refractivity contribution in [1.29, 1.82) is 0 Å². The maximum Gasteiger partial charge on any atom is 0.339 e. The number of methoxy groups -OCH3 is 1. The van der Waals surface area contributed by atoms with Crippen molar-refractivity contribution in [2.24, 2.45) is 10.7 Å². The van der Waals surface area contributed by atoms with Crippen LogP contribution in [0.15, 0.2) is 11.2 Å². The fourth-order valence-corrected chi connectivity index (χ4v) is 1.52. The first-order chi connectivity index (χ1) is 7.11. The summed E-state index contributed by atoms with van der Waals surface area (Å²) >= 11 is 5.91. The zero-order valence-electron chi connectivity index (χ0n) is 8.45. The zero-order valence-corrected chi connectivity index (χ0v) is 9.21. The molecule has 1 rings (SSSR count). The van der Waals surface area contributed by atoms with E-state index in [1.807, 2.05) is 0 Å². The predicted octanol–water partition coefficient (Wildman–Crippen LogP) is 1.33. The minimum atomic E-state index is -0.617. The van der Waals surface area contributed by atoms with Crippen LogP contribution < -0.4 is 5.73 Å². The number of alkyl halides is 1. The lowest BCUT2D eigenvalue weighted by molar-refractivity contribution is 0.0600. The van der Waals surface area contributed by atoms with Gasteiger partial charge in [0.25, 0.3) is 0 Å². The van der Waals surface area contributed by atoms with E-state index in [2.05, 4.69) is 14.7 Å². The quantitative estimate of drug-likeness (QED) is 0.270. The Labute approximate surface area is 92.3 Å². The summed E-state index contributed by atoms with van der Waals surface area (Å²) in [5.74, 6) is -0.407. The van der Waals surface area contributed by atoms with Gasteiger partial charge in [0.15, 0.2) is 5.50 Å². The van der Waals surface area contributed by atoms with E-state index in [4.69, 9.17) is 17.3 Å². The number of nitrogens with two attached hydrogens (primary N) is 1. The Balaban J connectivity index is 3.03. The number of carbonyl (C=O) groups excluding carboxylic acids is 1. The van der Waals surface area contributed by atoms with E-state index < -0.39 is 11.5 Å². The number of carbonyl (C=O) groups is 1. The third kappa shape index (κ3) is 2.30. The highest BCUT2D eigenvalue weighted by atomic mass is 35.5. The fourth-order valence-electron chi connectivity index (χ4n) is 1.23. The number of halogens is 1. The van der Waals surface area contributed by atoms with Gasteiger partial charge in [-0.3, -0.25) is 4.99 Å². The average molecular weight is 230 g/mol. The predicted molar refractivity (Wildman–Crippen MR) is 58.1 cm³/mol. The van der Waals surface area contributed by atoms with E-state index in [1.54, 1.807) is 6.92 Å². The van der Waals surface area contributed by atoms with E-state index in [-0.39, 0.29) is 0 Å². The molecule has 0 aliphatic heterocycles. The monoisotopic (exact) mass is 229 g/mol. The van der Waals surface area contributed by atoms with Crippen LogP contribution in [0.4, 0.5) is 0 Å². The largest absolute Gasteiger partial charge is 0.465 e. The van der Waals surface area contributed by atoms with Crippen LogP contribution in [0.3, 0.4) is 0 Å². The number of nitrogens with one attached hydrogen (secondary N) is 1. The molecule has 0 amide bonds. The topological polar surface area (TPSA) is 80.5 Å². The number of ether oxygens (including phenoxy) is 1. The maximum atomic E-state index is 11.3. The Morgan fingerprint density at radius 3 is 3.00 bits per heavy atom. The Morgan fingerprint density at radius 1 is 1.80 bits per heavy atom. The van der Waals surface area contributed by atoms with Gasteiger partial charge in [0.05, 0.1) is 24.7 Å². The molecule has 0 aromatic carbocycles. The Bertz CT molecular complexity index is 387. The lowest BCUT2D eigenvalue weighted by Gasteiger charge is -2.03. The molecule has 82 valence electrons. The maximum absolute atomic E-state index is 11.3. The molecule has 1 aromatic rings. The van der Waals surface area contributed by atoms with Crippen molar-refractivity contribution >= 4 is 23.9 Å². The molecule has 0 fully saturated rings. The first kappa shape index (κ1) is 11.6. The Morgan fingerprint density at radius 2 is 2.47 bits per heavy atom. The fraction of sp³-hybridized carbons (Fsp3) is 0.333. The van der Waals surface area contributed by atoms with Crippen molar-refractivity contribution in [3.05, 3.63) is 23.0 Å². The summed E-state index contributed by atoms with van der Waals surface area (Å²) < 4.78 is 4.60. The van der Waals surface area contributed by atoms with Gasteiger partial charge in [-0.25, -0.2) is 4.79 Å². The number of rotatable bonds is 3. The van der Waals surface area contributed by atoms with Crippen LogP contribution in [0.1, 0.15) is 27.1 Å². The summed E-state index contributed by atoms with van der Waals surface area (Å²) in [4.78, 5) is 17.9. The van der Waals surface area contributed by atoms with Crippen molar-refractivity contribution < 1.29 is 9.53 Å². The van der Waals surface area contributed by atoms with Gasteiger partial charge in [-0.15, -0.1) is 0 Å². The summed E-state index contributed by atoms with van der Waals surface area (Å²) in [7, 11) is 1.32. The summed E-state index contributed by atoms with van der Waals surface area (Å²) in [6.45, 7) is 1.76. The normalized spacial score (nSPS) is 13.0. The molecule has 15 heavy (non-hydrogen) atoms. The summed E-state index contributed by atoms with van der Waals surface area (Å²) in [6.07, 6.45) is 2.66. The number of H-pyrrole nitrogens is 1. The van der Waals surface area contributed by atoms with Crippen molar-refractivity contribution in [2.75, 3.05) is 7.11 Å². The molecule has 0 aliphatic rings. The van der Waals surface area contributed by atoms with Crippen molar-refractivity contribution in [1.82, 2.24) is 4.98 Å². The zero-order chi connectivity index (χ0) is 11.4. The molecular weight excluding hydrogens is 218 g/mol. The molecule has 0 saturated heterocycles. The van der Waals surface area contributed by atoms with E-state index >= 15 is 0 Å². The van der Waals surface area contributed by atoms with Gasteiger partial charge in [0.1, 0.15) is 0 Å². The van der Waals surface area contributed by atoms with Gasteiger partial charge < -0.3 is 15.5 Å². The standard InChI is InChI=1S/C9H12ClN3O2/c1-5-6(9(14)15-2)3-12-7(5)8(10)13-4-11/h3-4,8,12H,1-2H3,(H2,11,13). The number of aromatic nitrogens is 1. The molecule has 0 spiro atoms.